The van der Waals surface area contributed by atoms with Crippen molar-refractivity contribution in [2.75, 3.05) is 11.5 Å². The lowest BCUT2D eigenvalue weighted by molar-refractivity contribution is -0.133. The molecular formula is C20H25NO2S3. The lowest BCUT2D eigenvalue weighted by Crippen LogP contribution is -2.04. The standard InChI is InChI=1S/C20H25NO2S3/c1-14-18(21-20(25-14)15-6-3-2-4-7-15)12-17-10-9-16(26-17)8-5-11-24-13-19(22)23/h5,8-10,15H,2-4,6-7,11-13H2,1H3,(H,22,23)/b8-5+. The number of aryl methyl sites for hydroxylation is 1. The zero-order chi connectivity index (χ0) is 18.4. The van der Waals surface area contributed by atoms with Crippen molar-refractivity contribution in [2.24, 2.45) is 0 Å². The minimum Gasteiger partial charge on any atom is -0.481 e. The molecule has 0 radical (unpaired) electrons. The van der Waals surface area contributed by atoms with Crippen LogP contribution in [0.15, 0.2) is 18.2 Å². The molecule has 26 heavy (non-hydrogen) atoms. The van der Waals surface area contributed by atoms with E-state index in [2.05, 4.69) is 25.1 Å². The van der Waals surface area contributed by atoms with Crippen LogP contribution in [0.4, 0.5) is 0 Å². The highest BCUT2D eigenvalue weighted by molar-refractivity contribution is 8.00. The second-order valence-corrected chi connectivity index (χ2v) is 10.1. The second kappa shape index (κ2) is 9.72. The number of aliphatic carboxylic acids is 1. The van der Waals surface area contributed by atoms with Crippen molar-refractivity contribution in [3.05, 3.63) is 43.5 Å². The fourth-order valence-corrected chi connectivity index (χ4v) is 5.84. The lowest BCUT2D eigenvalue weighted by Gasteiger charge is -2.18. The molecule has 1 aliphatic rings. The van der Waals surface area contributed by atoms with Crippen molar-refractivity contribution in [1.29, 1.82) is 0 Å². The van der Waals surface area contributed by atoms with Crippen molar-refractivity contribution < 1.29 is 9.90 Å². The Morgan fingerprint density at radius 1 is 1.31 bits per heavy atom. The molecule has 2 aromatic heterocycles. The first-order chi connectivity index (χ1) is 12.6. The van der Waals surface area contributed by atoms with E-state index >= 15 is 0 Å². The van der Waals surface area contributed by atoms with Gasteiger partial charge in [0.15, 0.2) is 0 Å². The van der Waals surface area contributed by atoms with Gasteiger partial charge < -0.3 is 5.11 Å². The third-order valence-electron chi connectivity index (χ3n) is 4.61. The van der Waals surface area contributed by atoms with E-state index in [0.717, 1.165) is 12.2 Å². The molecule has 140 valence electrons. The van der Waals surface area contributed by atoms with Crippen LogP contribution in [0.2, 0.25) is 0 Å². The van der Waals surface area contributed by atoms with Crippen LogP contribution in [-0.4, -0.2) is 27.6 Å². The molecule has 0 aromatic carbocycles. The number of thiophene rings is 1. The molecule has 0 aliphatic heterocycles. The third kappa shape index (κ3) is 5.69. The number of thioether (sulfide) groups is 1. The average Bonchev–Trinajstić information content (AvgIpc) is 3.22. The summed E-state index contributed by atoms with van der Waals surface area (Å²) in [6.45, 7) is 2.20. The van der Waals surface area contributed by atoms with Crippen LogP contribution in [-0.2, 0) is 11.2 Å². The van der Waals surface area contributed by atoms with Crippen LogP contribution in [0.1, 0.15) is 63.4 Å². The van der Waals surface area contributed by atoms with Gasteiger partial charge in [0.25, 0.3) is 0 Å². The van der Waals surface area contributed by atoms with Gasteiger partial charge >= 0.3 is 5.97 Å². The number of hydrogen-bond donors (Lipinski definition) is 1. The minimum atomic E-state index is -0.756. The van der Waals surface area contributed by atoms with E-state index in [1.54, 1.807) is 11.3 Å². The Hall–Kier alpha value is -1.11. The molecule has 0 amide bonds. The maximum absolute atomic E-state index is 10.5. The Morgan fingerprint density at radius 3 is 2.88 bits per heavy atom. The average molecular weight is 408 g/mol. The maximum atomic E-state index is 10.5. The number of thiazole rings is 1. The Balaban J connectivity index is 1.56. The maximum Gasteiger partial charge on any atom is 0.313 e. The van der Waals surface area contributed by atoms with E-state index < -0.39 is 5.97 Å². The van der Waals surface area contributed by atoms with E-state index in [4.69, 9.17) is 10.1 Å². The van der Waals surface area contributed by atoms with E-state index in [0.29, 0.717) is 5.92 Å². The van der Waals surface area contributed by atoms with Crippen LogP contribution >= 0.6 is 34.4 Å². The first-order valence-electron chi connectivity index (χ1n) is 9.13. The highest BCUT2D eigenvalue weighted by Gasteiger charge is 2.20. The van der Waals surface area contributed by atoms with Gasteiger partial charge in [-0.25, -0.2) is 4.98 Å². The highest BCUT2D eigenvalue weighted by Crippen LogP contribution is 2.36. The smallest absolute Gasteiger partial charge is 0.313 e. The first-order valence-corrected chi connectivity index (χ1v) is 11.9. The largest absolute Gasteiger partial charge is 0.481 e. The SMILES string of the molecule is Cc1sc(C2CCCCC2)nc1Cc1ccc(/C=C/CSCC(=O)O)s1. The number of nitrogens with zero attached hydrogens (tertiary/aromatic N) is 1. The predicted octanol–water partition coefficient (Wildman–Crippen LogP) is 5.98. The predicted molar refractivity (Wildman–Crippen MR) is 114 cm³/mol. The second-order valence-electron chi connectivity index (χ2n) is 6.68. The molecule has 1 aliphatic carbocycles. The van der Waals surface area contributed by atoms with Gasteiger partial charge in [-0.15, -0.1) is 34.4 Å². The van der Waals surface area contributed by atoms with Gasteiger partial charge in [0.05, 0.1) is 16.5 Å². The summed E-state index contributed by atoms with van der Waals surface area (Å²) in [6, 6.07) is 4.33. The molecule has 0 atom stereocenters. The summed E-state index contributed by atoms with van der Waals surface area (Å²) < 4.78 is 0. The fourth-order valence-electron chi connectivity index (χ4n) is 3.26. The Morgan fingerprint density at radius 2 is 2.12 bits per heavy atom. The van der Waals surface area contributed by atoms with E-state index in [9.17, 15) is 4.79 Å². The molecule has 0 unspecified atom stereocenters. The van der Waals surface area contributed by atoms with Gasteiger partial charge in [0.2, 0.25) is 0 Å². The summed E-state index contributed by atoms with van der Waals surface area (Å²) in [4.78, 5) is 19.4. The molecule has 1 fully saturated rings. The van der Waals surface area contributed by atoms with Crippen LogP contribution in [0.3, 0.4) is 0 Å². The molecular weight excluding hydrogens is 382 g/mol. The molecule has 0 bridgehead atoms. The summed E-state index contributed by atoms with van der Waals surface area (Å²) in [5, 5.41) is 9.98. The molecule has 6 heteroatoms. The summed E-state index contributed by atoms with van der Waals surface area (Å²) >= 11 is 5.11. The number of aromatic nitrogens is 1. The van der Waals surface area contributed by atoms with Crippen molar-refractivity contribution in [1.82, 2.24) is 4.98 Å². The van der Waals surface area contributed by atoms with Gasteiger partial charge in [-0.05, 0) is 38.0 Å². The van der Waals surface area contributed by atoms with Gasteiger partial charge in [-0.1, -0.05) is 25.3 Å². The Labute approximate surface area is 167 Å². The summed E-state index contributed by atoms with van der Waals surface area (Å²) in [6.07, 6.45) is 11.7. The van der Waals surface area contributed by atoms with E-state index in [-0.39, 0.29) is 5.75 Å². The van der Waals surface area contributed by atoms with Crippen molar-refractivity contribution in [3.63, 3.8) is 0 Å². The quantitative estimate of drug-likeness (QED) is 0.547. The van der Waals surface area contributed by atoms with Crippen molar-refractivity contribution in [2.45, 2.75) is 51.4 Å². The molecule has 2 heterocycles. The zero-order valence-corrected chi connectivity index (χ0v) is 17.5. The van der Waals surface area contributed by atoms with E-state index in [1.807, 2.05) is 17.4 Å². The first kappa shape index (κ1) is 19.6. The number of rotatable bonds is 8. The van der Waals surface area contributed by atoms with Crippen molar-refractivity contribution >= 4 is 46.5 Å². The van der Waals surface area contributed by atoms with Crippen LogP contribution < -0.4 is 0 Å². The summed E-state index contributed by atoms with van der Waals surface area (Å²) in [5.41, 5.74) is 1.24. The van der Waals surface area contributed by atoms with Crippen LogP contribution in [0.25, 0.3) is 6.08 Å². The molecule has 3 nitrogen and oxygen atoms in total. The lowest BCUT2D eigenvalue weighted by atomic mass is 9.90. The normalized spacial score (nSPS) is 15.7. The van der Waals surface area contributed by atoms with E-state index in [1.165, 1.54) is 69.2 Å². The zero-order valence-electron chi connectivity index (χ0n) is 15.1. The van der Waals surface area contributed by atoms with Gasteiger partial charge in [-0.3, -0.25) is 4.79 Å². The topological polar surface area (TPSA) is 50.2 Å². The molecule has 0 saturated heterocycles. The molecule has 1 saturated carbocycles. The Kier molecular flexibility index (Phi) is 7.34. The van der Waals surface area contributed by atoms with Crippen molar-refractivity contribution in [3.8, 4) is 0 Å². The van der Waals surface area contributed by atoms with Gasteiger partial charge in [0, 0.05) is 32.7 Å². The fraction of sp³-hybridized carbons (Fsp3) is 0.500. The van der Waals surface area contributed by atoms with Gasteiger partial charge in [-0.2, -0.15) is 0 Å². The van der Waals surface area contributed by atoms with Gasteiger partial charge in [0.1, 0.15) is 0 Å². The van der Waals surface area contributed by atoms with Crippen LogP contribution in [0.5, 0.6) is 0 Å². The molecule has 0 spiro atoms. The number of hydrogen-bond acceptors (Lipinski definition) is 5. The monoisotopic (exact) mass is 407 g/mol. The van der Waals surface area contributed by atoms with Crippen LogP contribution in [0, 0.1) is 6.92 Å². The number of carbonyl (C=O) groups is 1. The highest BCUT2D eigenvalue weighted by atomic mass is 32.2. The summed E-state index contributed by atoms with van der Waals surface area (Å²) in [5.74, 6) is 0.821. The number of carboxylic acid groups (broad SMARTS) is 1. The molecule has 2 aromatic rings. The number of carboxylic acids is 1. The minimum absolute atomic E-state index is 0.159. The molecule has 3 rings (SSSR count). The third-order valence-corrected chi connectivity index (χ3v) is 7.71. The molecule has 1 N–H and O–H groups in total. The Bertz CT molecular complexity index is 757. The summed E-state index contributed by atoms with van der Waals surface area (Å²) in [7, 11) is 0.